The molecule has 0 aliphatic carbocycles. The van der Waals surface area contributed by atoms with Crippen molar-refractivity contribution in [1.82, 2.24) is 14.8 Å². The number of carbonyl (C=O) groups is 1. The van der Waals surface area contributed by atoms with E-state index in [1.165, 1.54) is 0 Å². The Morgan fingerprint density at radius 3 is 3.05 bits per heavy atom. The first-order chi connectivity index (χ1) is 9.72. The lowest BCUT2D eigenvalue weighted by Gasteiger charge is -2.34. The molecule has 0 aromatic carbocycles. The van der Waals surface area contributed by atoms with Crippen LogP contribution in [0.1, 0.15) is 6.92 Å². The zero-order chi connectivity index (χ0) is 14.4. The molecule has 1 atom stereocenters. The molecule has 1 aliphatic heterocycles. The molecule has 0 saturated carbocycles. The SMILES string of the molecule is CCOC(=O)C1CNCCN1CCn1ccccc1=O. The minimum Gasteiger partial charge on any atom is -0.465 e. The van der Waals surface area contributed by atoms with Crippen LogP contribution in [0.15, 0.2) is 29.2 Å². The normalized spacial score (nSPS) is 19.8. The molecule has 6 nitrogen and oxygen atoms in total. The minimum atomic E-state index is -0.261. The van der Waals surface area contributed by atoms with Gasteiger partial charge in [0.2, 0.25) is 0 Å². The van der Waals surface area contributed by atoms with Crippen molar-refractivity contribution in [3.05, 3.63) is 34.7 Å². The van der Waals surface area contributed by atoms with Gasteiger partial charge in [0.15, 0.2) is 0 Å². The summed E-state index contributed by atoms with van der Waals surface area (Å²) in [5.41, 5.74) is -0.0182. The van der Waals surface area contributed by atoms with E-state index >= 15 is 0 Å². The number of ether oxygens (including phenoxy) is 1. The number of esters is 1. The van der Waals surface area contributed by atoms with Gasteiger partial charge in [-0.05, 0) is 13.0 Å². The van der Waals surface area contributed by atoms with Crippen LogP contribution in [0, 0.1) is 0 Å². The van der Waals surface area contributed by atoms with Crippen molar-refractivity contribution in [1.29, 1.82) is 0 Å². The number of piperazine rings is 1. The second-order valence-corrected chi connectivity index (χ2v) is 4.74. The standard InChI is InChI=1S/C14H21N3O3/c1-2-20-14(19)12-11-15-6-8-16(12)9-10-17-7-4-3-5-13(17)18/h3-5,7,12,15H,2,6,8-11H2,1H3. The fourth-order valence-corrected chi connectivity index (χ4v) is 2.37. The third-order valence-corrected chi connectivity index (χ3v) is 3.44. The van der Waals surface area contributed by atoms with Crippen LogP contribution < -0.4 is 10.9 Å². The summed E-state index contributed by atoms with van der Waals surface area (Å²) in [5.74, 6) is -0.194. The van der Waals surface area contributed by atoms with Gasteiger partial charge in [0.25, 0.3) is 5.56 Å². The molecule has 1 aliphatic rings. The second-order valence-electron chi connectivity index (χ2n) is 4.74. The monoisotopic (exact) mass is 279 g/mol. The van der Waals surface area contributed by atoms with E-state index in [0.29, 0.717) is 26.2 Å². The van der Waals surface area contributed by atoms with Crippen molar-refractivity contribution in [2.24, 2.45) is 0 Å². The Balaban J connectivity index is 1.97. The van der Waals surface area contributed by atoms with Crippen LogP contribution in [0.5, 0.6) is 0 Å². The lowest BCUT2D eigenvalue weighted by atomic mass is 10.2. The highest BCUT2D eigenvalue weighted by Gasteiger charge is 2.29. The summed E-state index contributed by atoms with van der Waals surface area (Å²) in [4.78, 5) is 25.6. The molecule has 1 saturated heterocycles. The van der Waals surface area contributed by atoms with Crippen LogP contribution in [0.3, 0.4) is 0 Å². The van der Waals surface area contributed by atoms with E-state index in [4.69, 9.17) is 4.74 Å². The first-order valence-corrected chi connectivity index (χ1v) is 6.99. The average Bonchev–Trinajstić information content (AvgIpc) is 2.47. The first kappa shape index (κ1) is 14.7. The van der Waals surface area contributed by atoms with Crippen molar-refractivity contribution in [3.8, 4) is 0 Å². The number of nitrogens with zero attached hydrogens (tertiary/aromatic N) is 2. The van der Waals surface area contributed by atoms with Gasteiger partial charge in [-0.3, -0.25) is 14.5 Å². The summed E-state index contributed by atoms with van der Waals surface area (Å²) in [7, 11) is 0. The lowest BCUT2D eigenvalue weighted by Crippen LogP contribution is -2.56. The Morgan fingerprint density at radius 1 is 1.45 bits per heavy atom. The molecule has 6 heteroatoms. The van der Waals surface area contributed by atoms with Crippen LogP contribution in [-0.2, 0) is 16.1 Å². The molecule has 20 heavy (non-hydrogen) atoms. The molecule has 1 fully saturated rings. The van der Waals surface area contributed by atoms with Crippen LogP contribution >= 0.6 is 0 Å². The van der Waals surface area contributed by atoms with Gasteiger partial charge in [-0.15, -0.1) is 0 Å². The number of nitrogens with one attached hydrogen (secondary N) is 1. The lowest BCUT2D eigenvalue weighted by molar-refractivity contribution is -0.150. The van der Waals surface area contributed by atoms with E-state index in [2.05, 4.69) is 10.2 Å². The molecule has 0 bridgehead atoms. The maximum Gasteiger partial charge on any atom is 0.324 e. The summed E-state index contributed by atoms with van der Waals surface area (Å²) in [6.45, 7) is 5.67. The Bertz CT molecular complexity index is 500. The molecule has 110 valence electrons. The van der Waals surface area contributed by atoms with Gasteiger partial charge in [-0.1, -0.05) is 6.07 Å². The van der Waals surface area contributed by atoms with Crippen molar-refractivity contribution < 1.29 is 9.53 Å². The molecule has 2 rings (SSSR count). The van der Waals surface area contributed by atoms with Gasteiger partial charge < -0.3 is 14.6 Å². The topological polar surface area (TPSA) is 63.6 Å². The van der Waals surface area contributed by atoms with Gasteiger partial charge in [-0.25, -0.2) is 0 Å². The maximum atomic E-state index is 11.9. The highest BCUT2D eigenvalue weighted by Crippen LogP contribution is 2.05. The predicted molar refractivity (Wildman–Crippen MR) is 75.6 cm³/mol. The largest absolute Gasteiger partial charge is 0.465 e. The highest BCUT2D eigenvalue weighted by molar-refractivity contribution is 5.76. The quantitative estimate of drug-likeness (QED) is 0.749. The molecular formula is C14H21N3O3. The molecular weight excluding hydrogens is 258 g/mol. The van der Waals surface area contributed by atoms with Crippen molar-refractivity contribution in [2.45, 2.75) is 19.5 Å². The van der Waals surface area contributed by atoms with E-state index in [1.807, 2.05) is 13.0 Å². The third kappa shape index (κ3) is 3.68. The molecule has 2 heterocycles. The summed E-state index contributed by atoms with van der Waals surface area (Å²) < 4.78 is 6.76. The van der Waals surface area contributed by atoms with E-state index in [0.717, 1.165) is 13.1 Å². The van der Waals surface area contributed by atoms with Gasteiger partial charge >= 0.3 is 5.97 Å². The van der Waals surface area contributed by atoms with Gasteiger partial charge in [-0.2, -0.15) is 0 Å². The van der Waals surface area contributed by atoms with Crippen LogP contribution in [0.2, 0.25) is 0 Å². The fourth-order valence-electron chi connectivity index (χ4n) is 2.37. The van der Waals surface area contributed by atoms with Crippen LogP contribution in [0.4, 0.5) is 0 Å². The zero-order valence-corrected chi connectivity index (χ0v) is 11.7. The molecule has 0 spiro atoms. The Hall–Kier alpha value is -1.66. The number of hydrogen-bond acceptors (Lipinski definition) is 5. The Kier molecular flexibility index (Phi) is 5.31. The predicted octanol–water partition coefficient (Wildman–Crippen LogP) is -0.315. The Labute approximate surface area is 118 Å². The molecule has 1 aromatic rings. The summed E-state index contributed by atoms with van der Waals surface area (Å²) in [6, 6.07) is 4.84. The fraction of sp³-hybridized carbons (Fsp3) is 0.571. The molecule has 0 amide bonds. The average molecular weight is 279 g/mol. The van der Waals surface area contributed by atoms with Gasteiger partial charge in [0, 0.05) is 45.0 Å². The summed E-state index contributed by atoms with van der Waals surface area (Å²) in [6.07, 6.45) is 1.77. The van der Waals surface area contributed by atoms with E-state index in [9.17, 15) is 9.59 Å². The van der Waals surface area contributed by atoms with Gasteiger partial charge in [0.1, 0.15) is 6.04 Å². The van der Waals surface area contributed by atoms with Crippen LogP contribution in [-0.4, -0.2) is 54.3 Å². The molecule has 1 N–H and O–H groups in total. The van der Waals surface area contributed by atoms with Crippen LogP contribution in [0.25, 0.3) is 0 Å². The Morgan fingerprint density at radius 2 is 2.30 bits per heavy atom. The second kappa shape index (κ2) is 7.21. The highest BCUT2D eigenvalue weighted by atomic mass is 16.5. The zero-order valence-electron chi connectivity index (χ0n) is 11.7. The number of hydrogen-bond donors (Lipinski definition) is 1. The van der Waals surface area contributed by atoms with Crippen molar-refractivity contribution in [2.75, 3.05) is 32.8 Å². The number of aromatic nitrogens is 1. The molecule has 1 unspecified atom stereocenters. The van der Waals surface area contributed by atoms with E-state index in [-0.39, 0.29) is 17.6 Å². The summed E-state index contributed by atoms with van der Waals surface area (Å²) in [5, 5.41) is 3.20. The smallest absolute Gasteiger partial charge is 0.324 e. The number of carbonyl (C=O) groups excluding carboxylic acids is 1. The third-order valence-electron chi connectivity index (χ3n) is 3.44. The number of rotatable bonds is 5. The van der Waals surface area contributed by atoms with E-state index < -0.39 is 0 Å². The van der Waals surface area contributed by atoms with E-state index in [1.54, 1.807) is 22.9 Å². The summed E-state index contributed by atoms with van der Waals surface area (Å²) >= 11 is 0. The molecule has 1 aromatic heterocycles. The first-order valence-electron chi connectivity index (χ1n) is 6.99. The van der Waals surface area contributed by atoms with Crippen molar-refractivity contribution >= 4 is 5.97 Å². The maximum absolute atomic E-state index is 11.9. The number of pyridine rings is 1. The molecule has 0 radical (unpaired) electrons. The van der Waals surface area contributed by atoms with Crippen molar-refractivity contribution in [3.63, 3.8) is 0 Å². The minimum absolute atomic E-state index is 0.0182. The van der Waals surface area contributed by atoms with Gasteiger partial charge in [0.05, 0.1) is 6.61 Å².